The quantitative estimate of drug-likeness (QED) is 0.515. The van der Waals surface area contributed by atoms with Crippen LogP contribution in [-0.2, 0) is 0 Å². The lowest BCUT2D eigenvalue weighted by molar-refractivity contribution is 0.192. The van der Waals surface area contributed by atoms with Gasteiger partial charge in [-0.05, 0) is 18.8 Å². The monoisotopic (exact) mass is 257 g/mol. The molecule has 0 saturated heterocycles. The fourth-order valence-corrected chi connectivity index (χ4v) is 2.35. The predicted molar refractivity (Wildman–Crippen MR) is 80.9 cm³/mol. The van der Waals surface area contributed by atoms with Gasteiger partial charge < -0.3 is 10.4 Å². The topological polar surface area (TPSA) is 32.3 Å². The smallest absolute Gasteiger partial charge is 0.0587 e. The molecule has 0 aliphatic heterocycles. The van der Waals surface area contributed by atoms with Crippen molar-refractivity contribution in [2.24, 2.45) is 5.92 Å². The third-order valence-electron chi connectivity index (χ3n) is 3.76. The molecule has 0 spiro atoms. The Labute approximate surface area is 115 Å². The van der Waals surface area contributed by atoms with E-state index < -0.39 is 0 Å². The molecule has 0 aromatic heterocycles. The normalized spacial score (nSPS) is 13.5. The Morgan fingerprint density at radius 2 is 1.39 bits per heavy atom. The number of aliphatic hydroxyl groups excluding tert-OH is 1. The lowest BCUT2D eigenvalue weighted by Gasteiger charge is -2.27. The van der Waals surface area contributed by atoms with Crippen molar-refractivity contribution in [3.8, 4) is 0 Å². The van der Waals surface area contributed by atoms with E-state index in [0.29, 0.717) is 12.0 Å². The second kappa shape index (κ2) is 12.0. The van der Waals surface area contributed by atoms with Gasteiger partial charge in [0.15, 0.2) is 0 Å². The summed E-state index contributed by atoms with van der Waals surface area (Å²) < 4.78 is 0. The first-order valence-corrected chi connectivity index (χ1v) is 8.02. The second-order valence-electron chi connectivity index (χ2n) is 5.89. The van der Waals surface area contributed by atoms with E-state index in [9.17, 15) is 5.11 Å². The molecule has 0 rings (SSSR count). The molecule has 0 aliphatic rings. The highest BCUT2D eigenvalue weighted by Crippen LogP contribution is 2.13. The molecule has 0 amide bonds. The third-order valence-corrected chi connectivity index (χ3v) is 3.76. The standard InChI is InChI=1S/C16H35NO/c1-5-7-9-11-15(12-10-8-6-2)17-16(13-18)14(3)4/h14-18H,5-13H2,1-4H3. The number of aliphatic hydroxyl groups is 1. The first-order valence-electron chi connectivity index (χ1n) is 8.02. The molecule has 0 saturated carbocycles. The number of hydrogen-bond donors (Lipinski definition) is 2. The van der Waals surface area contributed by atoms with Gasteiger partial charge in [-0.15, -0.1) is 0 Å². The van der Waals surface area contributed by atoms with Crippen LogP contribution in [0, 0.1) is 5.92 Å². The number of nitrogens with one attached hydrogen (secondary N) is 1. The number of rotatable bonds is 12. The summed E-state index contributed by atoms with van der Waals surface area (Å²) in [5.74, 6) is 0.509. The van der Waals surface area contributed by atoms with E-state index in [-0.39, 0.29) is 12.6 Å². The molecular formula is C16H35NO. The van der Waals surface area contributed by atoms with Crippen LogP contribution in [-0.4, -0.2) is 23.8 Å². The molecule has 110 valence electrons. The molecule has 0 bridgehead atoms. The van der Waals surface area contributed by atoms with Crippen LogP contribution in [0.5, 0.6) is 0 Å². The lowest BCUT2D eigenvalue weighted by Crippen LogP contribution is -2.43. The van der Waals surface area contributed by atoms with Crippen molar-refractivity contribution in [3.63, 3.8) is 0 Å². The molecular weight excluding hydrogens is 222 g/mol. The van der Waals surface area contributed by atoms with Crippen LogP contribution in [0.2, 0.25) is 0 Å². The van der Waals surface area contributed by atoms with Gasteiger partial charge in [-0.25, -0.2) is 0 Å². The van der Waals surface area contributed by atoms with Crippen LogP contribution >= 0.6 is 0 Å². The van der Waals surface area contributed by atoms with Crippen molar-refractivity contribution < 1.29 is 5.11 Å². The Hall–Kier alpha value is -0.0800. The Morgan fingerprint density at radius 3 is 1.72 bits per heavy atom. The fourth-order valence-electron chi connectivity index (χ4n) is 2.35. The fraction of sp³-hybridized carbons (Fsp3) is 1.00. The van der Waals surface area contributed by atoms with Gasteiger partial charge in [0.2, 0.25) is 0 Å². The molecule has 18 heavy (non-hydrogen) atoms. The molecule has 0 fully saturated rings. The Kier molecular flexibility index (Phi) is 11.9. The highest BCUT2D eigenvalue weighted by atomic mass is 16.3. The lowest BCUT2D eigenvalue weighted by atomic mass is 9.98. The van der Waals surface area contributed by atoms with E-state index in [1.807, 2.05) is 0 Å². The maximum absolute atomic E-state index is 9.43. The third kappa shape index (κ3) is 8.93. The van der Waals surface area contributed by atoms with E-state index in [1.54, 1.807) is 0 Å². The maximum atomic E-state index is 9.43. The largest absolute Gasteiger partial charge is 0.395 e. The van der Waals surface area contributed by atoms with Gasteiger partial charge in [-0.1, -0.05) is 66.2 Å². The van der Waals surface area contributed by atoms with Gasteiger partial charge in [-0.2, -0.15) is 0 Å². The minimum atomic E-state index is 0.260. The summed E-state index contributed by atoms with van der Waals surface area (Å²) in [4.78, 5) is 0. The van der Waals surface area contributed by atoms with Crippen molar-refractivity contribution in [3.05, 3.63) is 0 Å². The molecule has 0 heterocycles. The summed E-state index contributed by atoms with van der Waals surface area (Å²) in [5.41, 5.74) is 0. The Balaban J connectivity index is 4.07. The van der Waals surface area contributed by atoms with Crippen LogP contribution in [0.25, 0.3) is 0 Å². The van der Waals surface area contributed by atoms with Crippen molar-refractivity contribution in [2.75, 3.05) is 6.61 Å². The summed E-state index contributed by atoms with van der Waals surface area (Å²) >= 11 is 0. The molecule has 2 nitrogen and oxygen atoms in total. The highest BCUT2D eigenvalue weighted by molar-refractivity contribution is 4.76. The molecule has 0 aliphatic carbocycles. The van der Waals surface area contributed by atoms with Gasteiger partial charge in [0.1, 0.15) is 0 Å². The first-order chi connectivity index (χ1) is 8.65. The van der Waals surface area contributed by atoms with Crippen LogP contribution in [0.4, 0.5) is 0 Å². The molecule has 0 aromatic rings. The molecule has 0 radical (unpaired) electrons. The van der Waals surface area contributed by atoms with Crippen LogP contribution < -0.4 is 5.32 Å². The van der Waals surface area contributed by atoms with Crippen molar-refractivity contribution >= 4 is 0 Å². The van der Waals surface area contributed by atoms with E-state index in [1.165, 1.54) is 51.4 Å². The SMILES string of the molecule is CCCCCC(CCCCC)NC(CO)C(C)C. The van der Waals surface area contributed by atoms with Crippen LogP contribution in [0.15, 0.2) is 0 Å². The van der Waals surface area contributed by atoms with Crippen LogP contribution in [0.1, 0.15) is 79.1 Å². The van der Waals surface area contributed by atoms with Gasteiger partial charge in [0, 0.05) is 12.1 Å². The summed E-state index contributed by atoms with van der Waals surface area (Å²) in [6, 6.07) is 0.862. The highest BCUT2D eigenvalue weighted by Gasteiger charge is 2.17. The van der Waals surface area contributed by atoms with E-state index in [4.69, 9.17) is 0 Å². The van der Waals surface area contributed by atoms with Gasteiger partial charge >= 0.3 is 0 Å². The van der Waals surface area contributed by atoms with Crippen molar-refractivity contribution in [2.45, 2.75) is 91.1 Å². The average Bonchev–Trinajstić information content (AvgIpc) is 2.35. The average molecular weight is 257 g/mol. The summed E-state index contributed by atoms with van der Waals surface area (Å²) in [6.45, 7) is 9.14. The molecule has 0 aromatic carbocycles. The minimum Gasteiger partial charge on any atom is -0.395 e. The van der Waals surface area contributed by atoms with E-state index in [2.05, 4.69) is 33.0 Å². The van der Waals surface area contributed by atoms with Gasteiger partial charge in [0.25, 0.3) is 0 Å². The molecule has 2 N–H and O–H groups in total. The molecule has 2 heteroatoms. The predicted octanol–water partition coefficient (Wildman–Crippen LogP) is 4.12. The van der Waals surface area contributed by atoms with Gasteiger partial charge in [0.05, 0.1) is 6.61 Å². The summed E-state index contributed by atoms with van der Waals surface area (Å²) in [6.07, 6.45) is 10.4. The number of hydrogen-bond acceptors (Lipinski definition) is 2. The second-order valence-corrected chi connectivity index (χ2v) is 5.89. The molecule has 1 atom stereocenters. The molecule has 1 unspecified atom stereocenters. The Morgan fingerprint density at radius 1 is 0.889 bits per heavy atom. The summed E-state index contributed by atoms with van der Waals surface area (Å²) in [5, 5.41) is 13.1. The van der Waals surface area contributed by atoms with E-state index in [0.717, 1.165) is 0 Å². The Bertz CT molecular complexity index is 160. The zero-order valence-corrected chi connectivity index (χ0v) is 13.0. The zero-order valence-electron chi connectivity index (χ0n) is 13.0. The first kappa shape index (κ1) is 17.9. The summed E-state index contributed by atoms with van der Waals surface area (Å²) in [7, 11) is 0. The number of unbranched alkanes of at least 4 members (excludes halogenated alkanes) is 4. The van der Waals surface area contributed by atoms with E-state index >= 15 is 0 Å². The van der Waals surface area contributed by atoms with Crippen LogP contribution in [0.3, 0.4) is 0 Å². The zero-order chi connectivity index (χ0) is 13.8. The van der Waals surface area contributed by atoms with Crippen molar-refractivity contribution in [1.82, 2.24) is 5.32 Å². The minimum absolute atomic E-state index is 0.260. The van der Waals surface area contributed by atoms with Gasteiger partial charge in [-0.3, -0.25) is 0 Å². The maximum Gasteiger partial charge on any atom is 0.0587 e. The van der Waals surface area contributed by atoms with Crippen molar-refractivity contribution in [1.29, 1.82) is 0 Å².